The molecule has 1 N–H and O–H groups in total. The highest BCUT2D eigenvalue weighted by Gasteiger charge is 2.02. The summed E-state index contributed by atoms with van der Waals surface area (Å²) in [6.07, 6.45) is 2.62. The molecular formula is C18H21N3O2. The van der Waals surface area contributed by atoms with E-state index in [0.717, 1.165) is 28.2 Å². The van der Waals surface area contributed by atoms with E-state index in [1.54, 1.807) is 13.1 Å². The van der Waals surface area contributed by atoms with Crippen molar-refractivity contribution in [2.24, 2.45) is 9.98 Å². The van der Waals surface area contributed by atoms with Gasteiger partial charge in [0.05, 0.1) is 36.1 Å². The first-order valence-electron chi connectivity index (χ1n) is 7.51. The zero-order valence-corrected chi connectivity index (χ0v) is 13.9. The Bertz CT molecular complexity index is 734. The second-order valence-corrected chi connectivity index (χ2v) is 5.33. The van der Waals surface area contributed by atoms with Crippen molar-refractivity contribution in [1.82, 2.24) is 4.98 Å². The van der Waals surface area contributed by atoms with Crippen molar-refractivity contribution < 1.29 is 9.53 Å². The maximum atomic E-state index is 11.2. The number of aliphatic imine (C=N–C) groups is 2. The van der Waals surface area contributed by atoms with Gasteiger partial charge in [-0.05, 0) is 51.0 Å². The Balaban J connectivity index is 2.12. The van der Waals surface area contributed by atoms with E-state index in [9.17, 15) is 4.79 Å². The predicted octanol–water partition coefficient (Wildman–Crippen LogP) is 4.27. The van der Waals surface area contributed by atoms with E-state index in [1.807, 2.05) is 12.1 Å². The number of carbonyl (C=O) groups excluding carboxylic acids is 1. The van der Waals surface area contributed by atoms with Crippen LogP contribution in [0, 0.1) is 20.8 Å². The smallest absolute Gasteiger partial charge is 0.433 e. The van der Waals surface area contributed by atoms with Gasteiger partial charge in [-0.3, -0.25) is 4.99 Å². The van der Waals surface area contributed by atoms with E-state index in [0.29, 0.717) is 6.61 Å². The number of rotatable bonds is 4. The quantitative estimate of drug-likeness (QED) is 0.857. The van der Waals surface area contributed by atoms with Gasteiger partial charge in [0.1, 0.15) is 0 Å². The number of aryl methyl sites for hydroxylation is 3. The monoisotopic (exact) mass is 311 g/mol. The van der Waals surface area contributed by atoms with Gasteiger partial charge in [0.2, 0.25) is 0 Å². The van der Waals surface area contributed by atoms with E-state index < -0.39 is 6.09 Å². The fraction of sp³-hybridized carbons (Fsp3) is 0.278. The summed E-state index contributed by atoms with van der Waals surface area (Å²) in [7, 11) is 0. The van der Waals surface area contributed by atoms with Gasteiger partial charge in [-0.15, -0.1) is 0 Å². The lowest BCUT2D eigenvalue weighted by Crippen LogP contribution is -1.98. The summed E-state index contributed by atoms with van der Waals surface area (Å²) >= 11 is 0. The molecule has 0 saturated heterocycles. The van der Waals surface area contributed by atoms with Gasteiger partial charge in [0.15, 0.2) is 0 Å². The molecule has 0 aliphatic rings. The molecule has 0 atom stereocenters. The third-order valence-corrected chi connectivity index (χ3v) is 3.28. The number of nitrogens with one attached hydrogen (secondary N) is 1. The fourth-order valence-corrected chi connectivity index (χ4v) is 2.37. The number of aromatic amines is 1. The Kier molecular flexibility index (Phi) is 5.46. The Hall–Kier alpha value is -2.69. The van der Waals surface area contributed by atoms with Gasteiger partial charge in [0.25, 0.3) is 0 Å². The molecule has 120 valence electrons. The van der Waals surface area contributed by atoms with Crippen molar-refractivity contribution in [1.29, 1.82) is 0 Å². The van der Waals surface area contributed by atoms with Gasteiger partial charge < -0.3 is 9.72 Å². The highest BCUT2D eigenvalue weighted by Crippen LogP contribution is 2.24. The first kappa shape index (κ1) is 16.7. The summed E-state index contributed by atoms with van der Waals surface area (Å²) in [5.41, 5.74) is 6.07. The van der Waals surface area contributed by atoms with Crippen molar-refractivity contribution in [2.45, 2.75) is 27.7 Å². The molecule has 0 spiro atoms. The molecule has 0 unspecified atom stereocenters. The van der Waals surface area contributed by atoms with Crippen LogP contribution in [0.5, 0.6) is 0 Å². The first-order chi connectivity index (χ1) is 11.0. The van der Waals surface area contributed by atoms with E-state index >= 15 is 0 Å². The molecule has 0 aliphatic heterocycles. The van der Waals surface area contributed by atoms with Gasteiger partial charge in [-0.2, -0.15) is 4.99 Å². The average molecular weight is 311 g/mol. The molecule has 0 saturated carbocycles. The van der Waals surface area contributed by atoms with Crippen LogP contribution in [-0.4, -0.2) is 30.1 Å². The molecular weight excluding hydrogens is 290 g/mol. The zero-order chi connectivity index (χ0) is 16.8. The molecule has 2 rings (SSSR count). The molecule has 0 fully saturated rings. The van der Waals surface area contributed by atoms with Crippen LogP contribution in [0.4, 0.5) is 10.5 Å². The Morgan fingerprint density at radius 3 is 2.35 bits per heavy atom. The van der Waals surface area contributed by atoms with Gasteiger partial charge >= 0.3 is 6.09 Å². The minimum Gasteiger partial charge on any atom is -0.448 e. The topological polar surface area (TPSA) is 66.8 Å². The maximum absolute atomic E-state index is 11.2. The number of nitrogens with zero attached hydrogens (tertiary/aromatic N) is 2. The largest absolute Gasteiger partial charge is 0.448 e. The summed E-state index contributed by atoms with van der Waals surface area (Å²) in [6, 6.07) is 7.95. The number of aromatic nitrogens is 1. The summed E-state index contributed by atoms with van der Waals surface area (Å²) in [6.45, 7) is 8.24. The number of carbonyl (C=O) groups is 1. The molecule has 1 heterocycles. The predicted molar refractivity (Wildman–Crippen MR) is 93.3 cm³/mol. The highest BCUT2D eigenvalue weighted by atomic mass is 16.5. The van der Waals surface area contributed by atoms with Crippen LogP contribution in [0.1, 0.15) is 35.0 Å². The third kappa shape index (κ3) is 4.64. The normalized spacial score (nSPS) is 11.5. The van der Waals surface area contributed by atoms with Crippen LogP contribution in [0.2, 0.25) is 0 Å². The third-order valence-electron chi connectivity index (χ3n) is 3.28. The molecule has 23 heavy (non-hydrogen) atoms. The minimum absolute atomic E-state index is 0.314. The van der Waals surface area contributed by atoms with Gasteiger partial charge in [0, 0.05) is 0 Å². The van der Waals surface area contributed by atoms with Crippen molar-refractivity contribution in [3.63, 3.8) is 0 Å². The molecule has 1 aromatic heterocycles. The fourth-order valence-electron chi connectivity index (χ4n) is 2.37. The molecule has 1 amide bonds. The summed E-state index contributed by atoms with van der Waals surface area (Å²) in [5, 5.41) is 0. The van der Waals surface area contributed by atoms with Crippen molar-refractivity contribution >= 4 is 24.2 Å². The summed E-state index contributed by atoms with van der Waals surface area (Å²) in [4.78, 5) is 22.6. The van der Waals surface area contributed by atoms with E-state index in [4.69, 9.17) is 4.74 Å². The Morgan fingerprint density at radius 2 is 1.74 bits per heavy atom. The van der Waals surface area contributed by atoms with E-state index in [1.165, 1.54) is 11.8 Å². The number of benzene rings is 1. The molecule has 0 bridgehead atoms. The van der Waals surface area contributed by atoms with Gasteiger partial charge in [-0.25, -0.2) is 4.79 Å². The molecule has 2 aromatic rings. The molecule has 0 aliphatic carbocycles. The minimum atomic E-state index is -0.594. The lowest BCUT2D eigenvalue weighted by molar-refractivity contribution is 0.163. The Morgan fingerprint density at radius 1 is 1.13 bits per heavy atom. The summed E-state index contributed by atoms with van der Waals surface area (Å²) < 4.78 is 4.73. The number of ether oxygens (including phenoxy) is 1. The van der Waals surface area contributed by atoms with Gasteiger partial charge in [-0.1, -0.05) is 17.7 Å². The van der Waals surface area contributed by atoms with Crippen LogP contribution >= 0.6 is 0 Å². The highest BCUT2D eigenvalue weighted by molar-refractivity contribution is 5.89. The van der Waals surface area contributed by atoms with Crippen molar-refractivity contribution in [2.75, 3.05) is 6.61 Å². The molecule has 1 aromatic carbocycles. The lowest BCUT2D eigenvalue weighted by Gasteiger charge is -2.05. The van der Waals surface area contributed by atoms with Crippen LogP contribution in [-0.2, 0) is 4.74 Å². The first-order valence-corrected chi connectivity index (χ1v) is 7.51. The second kappa shape index (κ2) is 7.54. The molecule has 5 nitrogen and oxygen atoms in total. The SMILES string of the molecule is CCOC(=O)/N=C/c1ccc(C=Nc2c(C)cc(C)cc2C)[nH]1. The standard InChI is InChI=1S/C18H21N3O2/c1-5-23-18(22)20-11-16-7-6-15(21-16)10-19-17-13(3)8-12(2)9-14(17)4/h6-11,21H,5H2,1-4H3/b19-10?,20-11+. The Labute approximate surface area is 136 Å². The van der Waals surface area contributed by atoms with Crippen molar-refractivity contribution in [3.8, 4) is 0 Å². The average Bonchev–Trinajstić information content (AvgIpc) is 2.92. The van der Waals surface area contributed by atoms with Crippen LogP contribution in [0.25, 0.3) is 0 Å². The maximum Gasteiger partial charge on any atom is 0.433 e. The summed E-state index contributed by atoms with van der Waals surface area (Å²) in [5.74, 6) is 0. The zero-order valence-electron chi connectivity index (χ0n) is 13.9. The molecule has 5 heteroatoms. The van der Waals surface area contributed by atoms with Crippen LogP contribution < -0.4 is 0 Å². The van der Waals surface area contributed by atoms with Crippen molar-refractivity contribution in [3.05, 3.63) is 52.3 Å². The number of H-pyrrole nitrogens is 1. The molecule has 0 radical (unpaired) electrons. The number of hydrogen-bond donors (Lipinski definition) is 1. The van der Waals surface area contributed by atoms with Crippen LogP contribution in [0.15, 0.2) is 34.3 Å². The lowest BCUT2D eigenvalue weighted by atomic mass is 10.1. The second-order valence-electron chi connectivity index (χ2n) is 5.33. The van der Waals surface area contributed by atoms with E-state index in [-0.39, 0.29) is 0 Å². The van der Waals surface area contributed by atoms with E-state index in [2.05, 4.69) is 47.9 Å². The van der Waals surface area contributed by atoms with Crippen LogP contribution in [0.3, 0.4) is 0 Å². The number of amides is 1. The number of hydrogen-bond acceptors (Lipinski definition) is 3.